The number of benzene rings is 1. The van der Waals surface area contributed by atoms with E-state index in [1.807, 2.05) is 13.8 Å². The fraction of sp³-hybridized carbons (Fsp3) is 0.462. The molecule has 1 unspecified atom stereocenters. The van der Waals surface area contributed by atoms with Crippen LogP contribution in [-0.4, -0.2) is 25.5 Å². The molecule has 0 fully saturated rings. The number of aliphatic carboxylic acids is 1. The van der Waals surface area contributed by atoms with Gasteiger partial charge in [-0.2, -0.15) is 0 Å². The van der Waals surface area contributed by atoms with Crippen molar-refractivity contribution in [2.45, 2.75) is 44.0 Å². The lowest BCUT2D eigenvalue weighted by Crippen LogP contribution is -2.32. The molecular weight excluding hydrogens is 266 g/mol. The Hall–Kier alpha value is -1.40. The highest BCUT2D eigenvalue weighted by molar-refractivity contribution is 7.89. The summed E-state index contributed by atoms with van der Waals surface area (Å²) in [6, 6.07) is 5.78. The number of hydrogen-bond acceptors (Lipinski definition) is 3. The van der Waals surface area contributed by atoms with E-state index in [0.717, 1.165) is 12.8 Å². The van der Waals surface area contributed by atoms with Gasteiger partial charge in [-0.3, -0.25) is 4.79 Å². The van der Waals surface area contributed by atoms with E-state index in [2.05, 4.69) is 4.72 Å². The Morgan fingerprint density at radius 3 is 2.37 bits per heavy atom. The molecule has 106 valence electrons. The average molecular weight is 285 g/mol. The molecular formula is C13H19NO4S. The predicted molar refractivity (Wildman–Crippen MR) is 72.5 cm³/mol. The van der Waals surface area contributed by atoms with Crippen LogP contribution in [0.3, 0.4) is 0 Å². The van der Waals surface area contributed by atoms with E-state index in [-0.39, 0.29) is 17.4 Å². The molecule has 6 heteroatoms. The second-order valence-corrected chi connectivity index (χ2v) is 6.24. The van der Waals surface area contributed by atoms with Gasteiger partial charge in [0.25, 0.3) is 0 Å². The van der Waals surface area contributed by atoms with Crippen LogP contribution in [0.25, 0.3) is 0 Å². The lowest BCUT2D eigenvalue weighted by Gasteiger charge is -2.13. The number of rotatable bonds is 7. The maximum atomic E-state index is 12.0. The van der Waals surface area contributed by atoms with Crippen molar-refractivity contribution in [3.8, 4) is 0 Å². The number of hydrogen-bond donors (Lipinski definition) is 2. The molecule has 0 bridgehead atoms. The molecule has 1 atom stereocenters. The van der Waals surface area contributed by atoms with Crippen LogP contribution in [0.5, 0.6) is 0 Å². The molecule has 1 aromatic rings. The maximum Gasteiger partial charge on any atom is 0.307 e. The molecule has 1 rings (SSSR count). The van der Waals surface area contributed by atoms with Crippen molar-refractivity contribution in [2.24, 2.45) is 0 Å². The van der Waals surface area contributed by atoms with E-state index in [1.54, 1.807) is 0 Å². The molecule has 0 aliphatic heterocycles. The molecule has 0 heterocycles. The Morgan fingerprint density at radius 1 is 1.32 bits per heavy atom. The Bertz CT molecular complexity index is 522. The summed E-state index contributed by atoms with van der Waals surface area (Å²) in [5.74, 6) is -0.940. The first-order valence-electron chi connectivity index (χ1n) is 6.18. The van der Waals surface area contributed by atoms with Crippen LogP contribution >= 0.6 is 0 Å². The zero-order chi connectivity index (χ0) is 14.5. The lowest BCUT2D eigenvalue weighted by molar-refractivity contribution is -0.136. The Balaban J connectivity index is 2.81. The largest absolute Gasteiger partial charge is 0.481 e. The third-order valence-corrected chi connectivity index (χ3v) is 4.27. The minimum atomic E-state index is -3.52. The second kappa shape index (κ2) is 6.68. The van der Waals surface area contributed by atoms with Gasteiger partial charge in [0.1, 0.15) is 0 Å². The number of sulfonamides is 1. The van der Waals surface area contributed by atoms with E-state index in [0.29, 0.717) is 5.56 Å². The summed E-state index contributed by atoms with van der Waals surface area (Å²) in [6.07, 6.45) is 1.57. The molecule has 0 aliphatic carbocycles. The zero-order valence-corrected chi connectivity index (χ0v) is 11.9. The third kappa shape index (κ3) is 5.00. The van der Waals surface area contributed by atoms with Gasteiger partial charge in [-0.15, -0.1) is 0 Å². The summed E-state index contributed by atoms with van der Waals surface area (Å²) in [5, 5.41) is 8.64. The van der Waals surface area contributed by atoms with Crippen LogP contribution < -0.4 is 4.72 Å². The second-order valence-electron chi connectivity index (χ2n) is 4.53. The van der Waals surface area contributed by atoms with Gasteiger partial charge in [0.15, 0.2) is 0 Å². The SMILES string of the molecule is CCCC(C)NS(=O)(=O)c1ccc(CC(=O)O)cc1. The van der Waals surface area contributed by atoms with Crippen molar-refractivity contribution in [2.75, 3.05) is 0 Å². The van der Waals surface area contributed by atoms with Gasteiger partial charge in [-0.1, -0.05) is 25.5 Å². The first-order valence-corrected chi connectivity index (χ1v) is 7.66. The van der Waals surface area contributed by atoms with Crippen molar-refractivity contribution in [3.63, 3.8) is 0 Å². The average Bonchev–Trinajstić information content (AvgIpc) is 2.28. The van der Waals surface area contributed by atoms with Crippen LogP contribution in [-0.2, 0) is 21.2 Å². The van der Waals surface area contributed by atoms with Crippen molar-refractivity contribution >= 4 is 16.0 Å². The summed E-state index contributed by atoms with van der Waals surface area (Å²) in [5.41, 5.74) is 0.577. The number of nitrogens with one attached hydrogen (secondary N) is 1. The molecule has 0 aromatic heterocycles. The molecule has 5 nitrogen and oxygen atoms in total. The van der Waals surface area contributed by atoms with E-state index < -0.39 is 16.0 Å². The number of carboxylic acid groups (broad SMARTS) is 1. The van der Waals surface area contributed by atoms with Gasteiger partial charge in [0.2, 0.25) is 10.0 Å². The first-order chi connectivity index (χ1) is 8.85. The predicted octanol–water partition coefficient (Wildman–Crippen LogP) is 1.78. The van der Waals surface area contributed by atoms with Gasteiger partial charge in [0.05, 0.1) is 11.3 Å². The highest BCUT2D eigenvalue weighted by atomic mass is 32.2. The van der Waals surface area contributed by atoms with Crippen LogP contribution in [0.4, 0.5) is 0 Å². The summed E-state index contributed by atoms with van der Waals surface area (Å²) < 4.78 is 26.6. The quantitative estimate of drug-likeness (QED) is 0.800. The summed E-state index contributed by atoms with van der Waals surface area (Å²) in [6.45, 7) is 3.81. The monoisotopic (exact) mass is 285 g/mol. The van der Waals surface area contributed by atoms with Crippen molar-refractivity contribution < 1.29 is 18.3 Å². The van der Waals surface area contributed by atoms with Crippen molar-refractivity contribution in [1.29, 1.82) is 0 Å². The molecule has 0 saturated carbocycles. The highest BCUT2D eigenvalue weighted by Crippen LogP contribution is 2.12. The smallest absolute Gasteiger partial charge is 0.307 e. The molecule has 19 heavy (non-hydrogen) atoms. The Labute approximate surface area is 113 Å². The molecule has 0 saturated heterocycles. The normalized spacial score (nSPS) is 13.2. The van der Waals surface area contributed by atoms with E-state index in [9.17, 15) is 13.2 Å². The summed E-state index contributed by atoms with van der Waals surface area (Å²) in [4.78, 5) is 10.7. The van der Waals surface area contributed by atoms with Crippen LogP contribution in [0.1, 0.15) is 32.3 Å². The Morgan fingerprint density at radius 2 is 1.89 bits per heavy atom. The number of carboxylic acids is 1. The molecule has 0 radical (unpaired) electrons. The molecule has 0 amide bonds. The Kier molecular flexibility index (Phi) is 5.50. The van der Waals surface area contributed by atoms with Gasteiger partial charge in [0, 0.05) is 6.04 Å². The lowest BCUT2D eigenvalue weighted by atomic mass is 10.2. The number of carbonyl (C=O) groups is 1. The van der Waals surface area contributed by atoms with Crippen LogP contribution in [0.15, 0.2) is 29.2 Å². The van der Waals surface area contributed by atoms with Crippen molar-refractivity contribution in [1.82, 2.24) is 4.72 Å². The standard InChI is InChI=1S/C13H19NO4S/c1-3-4-10(2)14-19(17,18)12-7-5-11(6-8-12)9-13(15)16/h5-8,10,14H,3-4,9H2,1-2H3,(H,15,16). The minimum absolute atomic E-state index is 0.111. The molecule has 0 aliphatic rings. The fourth-order valence-corrected chi connectivity index (χ4v) is 3.06. The van der Waals surface area contributed by atoms with Gasteiger partial charge >= 0.3 is 5.97 Å². The molecule has 0 spiro atoms. The van der Waals surface area contributed by atoms with Gasteiger partial charge < -0.3 is 5.11 Å². The summed E-state index contributed by atoms with van der Waals surface area (Å²) >= 11 is 0. The van der Waals surface area contributed by atoms with E-state index >= 15 is 0 Å². The fourth-order valence-electron chi connectivity index (χ4n) is 1.79. The van der Waals surface area contributed by atoms with Crippen LogP contribution in [0, 0.1) is 0 Å². The molecule has 1 aromatic carbocycles. The topological polar surface area (TPSA) is 83.5 Å². The first kappa shape index (κ1) is 15.7. The van der Waals surface area contributed by atoms with Crippen molar-refractivity contribution in [3.05, 3.63) is 29.8 Å². The highest BCUT2D eigenvalue weighted by Gasteiger charge is 2.16. The van der Waals surface area contributed by atoms with Gasteiger partial charge in [-0.05, 0) is 31.0 Å². The van der Waals surface area contributed by atoms with E-state index in [4.69, 9.17) is 5.11 Å². The molecule has 2 N–H and O–H groups in total. The third-order valence-electron chi connectivity index (χ3n) is 2.67. The van der Waals surface area contributed by atoms with E-state index in [1.165, 1.54) is 24.3 Å². The van der Waals surface area contributed by atoms with Gasteiger partial charge in [-0.25, -0.2) is 13.1 Å². The summed E-state index contributed by atoms with van der Waals surface area (Å²) in [7, 11) is -3.52. The maximum absolute atomic E-state index is 12.0. The zero-order valence-electron chi connectivity index (χ0n) is 11.1. The minimum Gasteiger partial charge on any atom is -0.481 e. The van der Waals surface area contributed by atoms with Crippen LogP contribution in [0.2, 0.25) is 0 Å².